The van der Waals surface area contributed by atoms with E-state index < -0.39 is 0 Å². The largest absolute Gasteiger partial charge is 0.466 e. The Hall–Kier alpha value is -1.32. The number of aromatic nitrogens is 2. The summed E-state index contributed by atoms with van der Waals surface area (Å²) < 4.78 is 6.75. The summed E-state index contributed by atoms with van der Waals surface area (Å²) in [5.74, 6) is -0.309. The molecule has 4 nitrogen and oxygen atoms in total. The van der Waals surface area contributed by atoms with Crippen molar-refractivity contribution in [3.63, 3.8) is 0 Å². The van der Waals surface area contributed by atoms with Crippen molar-refractivity contribution in [2.75, 3.05) is 6.61 Å². The summed E-state index contributed by atoms with van der Waals surface area (Å²) in [4.78, 5) is 11.7. The van der Waals surface area contributed by atoms with Crippen LogP contribution in [0.2, 0.25) is 0 Å². The summed E-state index contributed by atoms with van der Waals surface area (Å²) in [6, 6.07) is 0. The lowest BCUT2D eigenvalue weighted by Crippen LogP contribution is -2.15. The maximum Gasteiger partial charge on any atom is 0.313 e. The number of aryl methyl sites for hydroxylation is 1. The molecule has 0 aliphatic rings. The molecule has 0 saturated heterocycles. The molecule has 0 aromatic carbocycles. The van der Waals surface area contributed by atoms with Crippen LogP contribution in [-0.4, -0.2) is 22.4 Å². The molecule has 15 heavy (non-hydrogen) atoms. The van der Waals surface area contributed by atoms with Crippen LogP contribution in [0.1, 0.15) is 38.2 Å². The Bertz CT molecular complexity index is 320. The Morgan fingerprint density at radius 1 is 1.60 bits per heavy atom. The van der Waals surface area contributed by atoms with E-state index in [0.717, 1.165) is 18.4 Å². The molecule has 0 aliphatic carbocycles. The average molecular weight is 210 g/mol. The van der Waals surface area contributed by atoms with Crippen LogP contribution < -0.4 is 0 Å². The monoisotopic (exact) mass is 210 g/mol. The van der Waals surface area contributed by atoms with Gasteiger partial charge in [-0.1, -0.05) is 13.3 Å². The van der Waals surface area contributed by atoms with Gasteiger partial charge in [0.25, 0.3) is 0 Å². The van der Waals surface area contributed by atoms with Gasteiger partial charge in [-0.05, 0) is 13.3 Å². The first-order chi connectivity index (χ1) is 7.19. The maximum absolute atomic E-state index is 11.7. The molecular weight excluding hydrogens is 192 g/mol. The number of hydrogen-bond donors (Lipinski definition) is 0. The van der Waals surface area contributed by atoms with Crippen molar-refractivity contribution in [1.29, 1.82) is 0 Å². The molecule has 1 rings (SSSR count). The van der Waals surface area contributed by atoms with Crippen molar-refractivity contribution in [2.24, 2.45) is 7.05 Å². The third-order valence-corrected chi connectivity index (χ3v) is 2.28. The van der Waals surface area contributed by atoms with Crippen LogP contribution in [0.4, 0.5) is 0 Å². The fourth-order valence-electron chi connectivity index (χ4n) is 1.57. The molecule has 0 radical (unpaired) electrons. The normalized spacial score (nSPS) is 12.5. The van der Waals surface area contributed by atoms with Crippen molar-refractivity contribution in [2.45, 2.75) is 32.6 Å². The molecule has 0 amide bonds. The number of rotatable bonds is 5. The van der Waals surface area contributed by atoms with Crippen molar-refractivity contribution >= 4 is 5.97 Å². The number of esters is 1. The number of nitrogens with zero attached hydrogens (tertiary/aromatic N) is 2. The second kappa shape index (κ2) is 5.53. The second-order valence-electron chi connectivity index (χ2n) is 3.54. The third kappa shape index (κ3) is 3.08. The molecule has 1 unspecified atom stereocenters. The minimum atomic E-state index is -0.163. The molecular formula is C11H18N2O2. The van der Waals surface area contributed by atoms with Gasteiger partial charge >= 0.3 is 5.97 Å². The molecule has 0 spiro atoms. The SMILES string of the molecule is CCCC(C(=O)OCC)c1cnn(C)c1. The van der Waals surface area contributed by atoms with Gasteiger partial charge in [0.1, 0.15) is 0 Å². The first-order valence-corrected chi connectivity index (χ1v) is 5.34. The first kappa shape index (κ1) is 11.8. The number of carbonyl (C=O) groups excluding carboxylic acids is 1. The van der Waals surface area contributed by atoms with Crippen LogP contribution in [0.3, 0.4) is 0 Å². The minimum absolute atomic E-state index is 0.146. The standard InChI is InChI=1S/C11H18N2O2/c1-4-6-10(11(14)15-5-2)9-7-12-13(3)8-9/h7-8,10H,4-6H2,1-3H3. The Kier molecular flexibility index (Phi) is 4.34. The first-order valence-electron chi connectivity index (χ1n) is 5.34. The second-order valence-corrected chi connectivity index (χ2v) is 3.54. The zero-order valence-electron chi connectivity index (χ0n) is 9.56. The lowest BCUT2D eigenvalue weighted by molar-refractivity contribution is -0.145. The van der Waals surface area contributed by atoms with Crippen molar-refractivity contribution in [3.8, 4) is 0 Å². The summed E-state index contributed by atoms with van der Waals surface area (Å²) in [7, 11) is 1.84. The molecule has 0 bridgehead atoms. The summed E-state index contributed by atoms with van der Waals surface area (Å²) in [6.45, 7) is 4.31. The highest BCUT2D eigenvalue weighted by Gasteiger charge is 2.22. The molecule has 1 aromatic rings. The Labute approximate surface area is 90.2 Å². The van der Waals surface area contributed by atoms with E-state index in [1.807, 2.05) is 20.2 Å². The zero-order chi connectivity index (χ0) is 11.3. The summed E-state index contributed by atoms with van der Waals surface area (Å²) in [5, 5.41) is 4.07. The van der Waals surface area contributed by atoms with Crippen LogP contribution in [0.15, 0.2) is 12.4 Å². The van der Waals surface area contributed by atoms with E-state index in [2.05, 4.69) is 12.0 Å². The van der Waals surface area contributed by atoms with Gasteiger partial charge in [-0.15, -0.1) is 0 Å². The topological polar surface area (TPSA) is 44.1 Å². The van der Waals surface area contributed by atoms with Crippen LogP contribution in [-0.2, 0) is 16.6 Å². The molecule has 4 heteroatoms. The molecule has 0 aliphatic heterocycles. The molecule has 84 valence electrons. The summed E-state index contributed by atoms with van der Waals surface area (Å²) >= 11 is 0. The van der Waals surface area contributed by atoms with Gasteiger partial charge in [0.05, 0.1) is 18.7 Å². The predicted octanol–water partition coefficient (Wildman–Crippen LogP) is 1.87. The average Bonchev–Trinajstić information content (AvgIpc) is 2.61. The number of ether oxygens (including phenoxy) is 1. The highest BCUT2D eigenvalue weighted by molar-refractivity contribution is 5.77. The molecule has 0 N–H and O–H groups in total. The van der Waals surface area contributed by atoms with E-state index in [9.17, 15) is 4.79 Å². The zero-order valence-corrected chi connectivity index (χ0v) is 9.56. The minimum Gasteiger partial charge on any atom is -0.466 e. The molecule has 1 atom stereocenters. The molecule has 0 fully saturated rings. The van der Waals surface area contributed by atoms with E-state index in [1.54, 1.807) is 10.9 Å². The van der Waals surface area contributed by atoms with Gasteiger partial charge in [-0.2, -0.15) is 5.10 Å². The molecule has 1 heterocycles. The van der Waals surface area contributed by atoms with E-state index >= 15 is 0 Å². The van der Waals surface area contributed by atoms with Gasteiger partial charge in [-0.25, -0.2) is 0 Å². The highest BCUT2D eigenvalue weighted by Crippen LogP contribution is 2.22. The number of carbonyl (C=O) groups is 1. The lowest BCUT2D eigenvalue weighted by atomic mass is 9.98. The summed E-state index contributed by atoms with van der Waals surface area (Å²) in [5.41, 5.74) is 0.942. The van der Waals surface area contributed by atoms with Gasteiger partial charge < -0.3 is 4.74 Å². The van der Waals surface area contributed by atoms with Gasteiger partial charge in [-0.3, -0.25) is 9.48 Å². The molecule has 0 saturated carbocycles. The van der Waals surface area contributed by atoms with Crippen LogP contribution in [0.5, 0.6) is 0 Å². The fraction of sp³-hybridized carbons (Fsp3) is 0.636. The van der Waals surface area contributed by atoms with Crippen LogP contribution in [0, 0.1) is 0 Å². The van der Waals surface area contributed by atoms with E-state index in [0.29, 0.717) is 6.61 Å². The number of hydrogen-bond acceptors (Lipinski definition) is 3. The summed E-state index contributed by atoms with van der Waals surface area (Å²) in [6.07, 6.45) is 5.37. The van der Waals surface area contributed by atoms with Gasteiger partial charge in [0, 0.05) is 18.8 Å². The Morgan fingerprint density at radius 2 is 2.33 bits per heavy atom. The van der Waals surface area contributed by atoms with Crippen LogP contribution in [0.25, 0.3) is 0 Å². The smallest absolute Gasteiger partial charge is 0.313 e. The third-order valence-electron chi connectivity index (χ3n) is 2.28. The highest BCUT2D eigenvalue weighted by atomic mass is 16.5. The van der Waals surface area contributed by atoms with Crippen LogP contribution >= 0.6 is 0 Å². The quantitative estimate of drug-likeness (QED) is 0.697. The van der Waals surface area contributed by atoms with E-state index in [4.69, 9.17) is 4.74 Å². The van der Waals surface area contributed by atoms with Gasteiger partial charge in [0.2, 0.25) is 0 Å². The predicted molar refractivity (Wildman–Crippen MR) is 57.5 cm³/mol. The van der Waals surface area contributed by atoms with E-state index in [-0.39, 0.29) is 11.9 Å². The Morgan fingerprint density at radius 3 is 2.80 bits per heavy atom. The fourth-order valence-corrected chi connectivity index (χ4v) is 1.57. The lowest BCUT2D eigenvalue weighted by Gasteiger charge is -2.12. The van der Waals surface area contributed by atoms with Crippen molar-refractivity contribution < 1.29 is 9.53 Å². The van der Waals surface area contributed by atoms with E-state index in [1.165, 1.54) is 0 Å². The molecule has 1 aromatic heterocycles. The Balaban J connectivity index is 2.77. The van der Waals surface area contributed by atoms with Crippen molar-refractivity contribution in [3.05, 3.63) is 18.0 Å². The van der Waals surface area contributed by atoms with Gasteiger partial charge in [0.15, 0.2) is 0 Å². The van der Waals surface area contributed by atoms with Crippen molar-refractivity contribution in [1.82, 2.24) is 9.78 Å². The maximum atomic E-state index is 11.7.